The fourth-order valence-corrected chi connectivity index (χ4v) is 2.22. The van der Waals surface area contributed by atoms with Crippen LogP contribution in [0.15, 0.2) is 48.5 Å². The first-order valence-corrected chi connectivity index (χ1v) is 6.49. The molecule has 0 aromatic heterocycles. The molecule has 0 spiro atoms. The minimum Gasteiger partial charge on any atom is -0.378 e. The third kappa shape index (κ3) is 2.78. The van der Waals surface area contributed by atoms with Crippen LogP contribution in [-0.4, -0.2) is 25.4 Å². The molecular weight excluding hydrogens is 298 g/mol. The van der Waals surface area contributed by atoms with Crippen LogP contribution in [0.5, 0.6) is 0 Å². The van der Waals surface area contributed by atoms with E-state index in [1.807, 2.05) is 0 Å². The number of aliphatic hydroxyl groups is 1. The molecule has 0 heterocycles. The minimum absolute atomic E-state index is 0.364. The van der Waals surface area contributed by atoms with Crippen LogP contribution in [0.1, 0.15) is 11.1 Å². The zero-order chi connectivity index (χ0) is 16.5. The van der Waals surface area contributed by atoms with Gasteiger partial charge in [0.15, 0.2) is 0 Å². The van der Waals surface area contributed by atoms with E-state index in [0.717, 1.165) is 18.2 Å². The normalized spacial score (nSPS) is 14.5. The summed E-state index contributed by atoms with van der Waals surface area (Å²) >= 11 is 0. The maximum Gasteiger partial charge on any atom is 0.425 e. The molecule has 0 aliphatic carbocycles. The first-order chi connectivity index (χ1) is 10.2. The molecule has 1 N–H and O–H groups in total. The molecule has 2 nitrogen and oxygen atoms in total. The number of nitrogens with zero attached hydrogens (tertiary/aromatic N) is 1. The van der Waals surface area contributed by atoms with E-state index in [9.17, 15) is 22.7 Å². The Morgan fingerprint density at radius 3 is 1.95 bits per heavy atom. The summed E-state index contributed by atoms with van der Waals surface area (Å²) in [7, 11) is 3.35. The molecule has 22 heavy (non-hydrogen) atoms. The summed E-state index contributed by atoms with van der Waals surface area (Å²) in [6.07, 6.45) is -4.99. The van der Waals surface area contributed by atoms with Crippen molar-refractivity contribution in [1.29, 1.82) is 0 Å². The van der Waals surface area contributed by atoms with E-state index in [1.54, 1.807) is 25.1 Å². The molecule has 1 unspecified atom stereocenters. The summed E-state index contributed by atoms with van der Waals surface area (Å²) in [5.74, 6) is -0.844. The molecule has 0 amide bonds. The van der Waals surface area contributed by atoms with Gasteiger partial charge in [0.05, 0.1) is 0 Å². The second kappa shape index (κ2) is 5.61. The van der Waals surface area contributed by atoms with Crippen LogP contribution in [0, 0.1) is 5.82 Å². The van der Waals surface area contributed by atoms with Crippen molar-refractivity contribution in [2.75, 3.05) is 19.0 Å². The number of hydrogen-bond donors (Lipinski definition) is 1. The SMILES string of the molecule is CN(C)c1cccc(C(O)(c2cccc(F)c2)C(F)(F)F)c1. The third-order valence-corrected chi connectivity index (χ3v) is 3.43. The highest BCUT2D eigenvalue weighted by Crippen LogP contribution is 2.44. The molecule has 2 aromatic carbocycles. The monoisotopic (exact) mass is 313 g/mol. The van der Waals surface area contributed by atoms with Crippen LogP contribution < -0.4 is 4.90 Å². The Hall–Kier alpha value is -2.08. The first-order valence-electron chi connectivity index (χ1n) is 6.49. The van der Waals surface area contributed by atoms with Crippen LogP contribution in [0.4, 0.5) is 23.2 Å². The first kappa shape index (κ1) is 16.3. The van der Waals surface area contributed by atoms with Crippen LogP contribution >= 0.6 is 0 Å². The molecule has 1 atom stereocenters. The number of halogens is 4. The van der Waals surface area contributed by atoms with Crippen molar-refractivity contribution in [3.8, 4) is 0 Å². The summed E-state index contributed by atoms with van der Waals surface area (Å²) in [5.41, 5.74) is -3.70. The van der Waals surface area contributed by atoms with Crippen molar-refractivity contribution in [2.24, 2.45) is 0 Å². The van der Waals surface area contributed by atoms with Crippen molar-refractivity contribution in [1.82, 2.24) is 0 Å². The zero-order valence-electron chi connectivity index (χ0n) is 12.0. The Bertz CT molecular complexity index is 669. The topological polar surface area (TPSA) is 23.5 Å². The average Bonchev–Trinajstić information content (AvgIpc) is 2.45. The Morgan fingerprint density at radius 2 is 1.45 bits per heavy atom. The number of anilines is 1. The molecule has 2 rings (SSSR count). The van der Waals surface area contributed by atoms with Crippen molar-refractivity contribution in [2.45, 2.75) is 11.8 Å². The van der Waals surface area contributed by atoms with Gasteiger partial charge in [-0.1, -0.05) is 24.3 Å². The Kier molecular flexibility index (Phi) is 4.15. The van der Waals surface area contributed by atoms with Crippen LogP contribution in [-0.2, 0) is 5.60 Å². The lowest BCUT2D eigenvalue weighted by Crippen LogP contribution is -2.43. The van der Waals surface area contributed by atoms with E-state index in [1.165, 1.54) is 18.2 Å². The Labute approximate surface area is 125 Å². The van der Waals surface area contributed by atoms with Gasteiger partial charge >= 0.3 is 6.18 Å². The van der Waals surface area contributed by atoms with Gasteiger partial charge in [0.1, 0.15) is 5.82 Å². The van der Waals surface area contributed by atoms with Crippen LogP contribution in [0.3, 0.4) is 0 Å². The molecule has 0 radical (unpaired) electrons. The molecule has 0 bridgehead atoms. The number of benzene rings is 2. The van der Waals surface area contributed by atoms with Gasteiger partial charge in [-0.05, 0) is 29.8 Å². The second-order valence-corrected chi connectivity index (χ2v) is 5.16. The number of rotatable bonds is 3. The molecular formula is C16H15F4NO. The molecule has 0 saturated heterocycles. The summed E-state index contributed by atoms with van der Waals surface area (Å²) in [5, 5.41) is 10.4. The zero-order valence-corrected chi connectivity index (χ0v) is 12.0. The highest BCUT2D eigenvalue weighted by Gasteiger charge is 2.56. The minimum atomic E-state index is -4.99. The van der Waals surface area contributed by atoms with Gasteiger partial charge in [0.25, 0.3) is 0 Å². The van der Waals surface area contributed by atoms with Gasteiger partial charge in [0.2, 0.25) is 5.60 Å². The summed E-state index contributed by atoms with van der Waals surface area (Å²) < 4.78 is 54.0. The predicted octanol–water partition coefficient (Wildman–Crippen LogP) is 3.69. The van der Waals surface area contributed by atoms with E-state index >= 15 is 0 Å². The van der Waals surface area contributed by atoms with E-state index in [4.69, 9.17) is 0 Å². The average molecular weight is 313 g/mol. The molecule has 0 fully saturated rings. The van der Waals surface area contributed by atoms with Gasteiger partial charge in [-0.3, -0.25) is 0 Å². The Morgan fingerprint density at radius 1 is 0.909 bits per heavy atom. The summed E-state index contributed by atoms with van der Waals surface area (Å²) in [4.78, 5) is 1.62. The quantitative estimate of drug-likeness (QED) is 0.874. The lowest BCUT2D eigenvalue weighted by Gasteiger charge is -2.32. The maximum atomic E-state index is 13.6. The molecule has 118 valence electrons. The van der Waals surface area contributed by atoms with Gasteiger partial charge in [-0.15, -0.1) is 0 Å². The Balaban J connectivity index is 2.68. The standard InChI is InChI=1S/C16H15F4NO/c1-21(2)14-8-4-6-12(10-14)15(22,16(18,19)20)11-5-3-7-13(17)9-11/h3-10,22H,1-2H3. The lowest BCUT2D eigenvalue weighted by atomic mass is 9.85. The highest BCUT2D eigenvalue weighted by molar-refractivity contribution is 5.51. The van der Waals surface area contributed by atoms with E-state index in [0.29, 0.717) is 11.8 Å². The molecule has 2 aromatic rings. The second-order valence-electron chi connectivity index (χ2n) is 5.16. The molecule has 6 heteroatoms. The molecule has 0 aliphatic heterocycles. The largest absolute Gasteiger partial charge is 0.425 e. The summed E-state index contributed by atoms with van der Waals surface area (Å²) in [6, 6.07) is 9.35. The van der Waals surface area contributed by atoms with Crippen molar-refractivity contribution >= 4 is 5.69 Å². The number of hydrogen-bond acceptors (Lipinski definition) is 2. The van der Waals surface area contributed by atoms with Crippen LogP contribution in [0.2, 0.25) is 0 Å². The van der Waals surface area contributed by atoms with E-state index in [-0.39, 0.29) is 5.56 Å². The molecule has 0 saturated carbocycles. The summed E-state index contributed by atoms with van der Waals surface area (Å²) in [6.45, 7) is 0. The van der Waals surface area contributed by atoms with Crippen molar-refractivity contribution < 1.29 is 22.7 Å². The van der Waals surface area contributed by atoms with Crippen molar-refractivity contribution in [3.63, 3.8) is 0 Å². The number of alkyl halides is 3. The maximum absolute atomic E-state index is 13.6. The lowest BCUT2D eigenvalue weighted by molar-refractivity contribution is -0.248. The van der Waals surface area contributed by atoms with Crippen LogP contribution in [0.25, 0.3) is 0 Å². The van der Waals surface area contributed by atoms with E-state index < -0.39 is 23.2 Å². The fraction of sp³-hybridized carbons (Fsp3) is 0.250. The highest BCUT2D eigenvalue weighted by atomic mass is 19.4. The van der Waals surface area contributed by atoms with E-state index in [2.05, 4.69) is 0 Å². The molecule has 0 aliphatic rings. The van der Waals surface area contributed by atoms with Gasteiger partial charge in [0, 0.05) is 25.3 Å². The van der Waals surface area contributed by atoms with Gasteiger partial charge < -0.3 is 10.0 Å². The third-order valence-electron chi connectivity index (χ3n) is 3.43. The van der Waals surface area contributed by atoms with Crippen molar-refractivity contribution in [3.05, 3.63) is 65.5 Å². The smallest absolute Gasteiger partial charge is 0.378 e. The predicted molar refractivity (Wildman–Crippen MR) is 76.2 cm³/mol. The fourth-order valence-electron chi connectivity index (χ4n) is 2.22. The van der Waals surface area contributed by atoms with Gasteiger partial charge in [-0.25, -0.2) is 4.39 Å². The van der Waals surface area contributed by atoms with Gasteiger partial charge in [-0.2, -0.15) is 13.2 Å².